The highest BCUT2D eigenvalue weighted by atomic mass is 32.1. The van der Waals surface area contributed by atoms with Crippen molar-refractivity contribution in [3.8, 4) is 0 Å². The normalized spacial score (nSPS) is 23.3. The van der Waals surface area contributed by atoms with Gasteiger partial charge in [-0.25, -0.2) is 0 Å². The van der Waals surface area contributed by atoms with E-state index < -0.39 is 0 Å². The van der Waals surface area contributed by atoms with E-state index in [0.29, 0.717) is 17.5 Å². The van der Waals surface area contributed by atoms with Gasteiger partial charge < -0.3 is 5.32 Å². The average Bonchev–Trinajstić information content (AvgIpc) is 2.91. The van der Waals surface area contributed by atoms with Crippen LogP contribution in [0.1, 0.15) is 56.5 Å². The minimum atomic E-state index is 0.443. The number of aryl methyl sites for hydroxylation is 1. The second-order valence-electron chi connectivity index (χ2n) is 6.91. The van der Waals surface area contributed by atoms with Gasteiger partial charge in [-0.3, -0.25) is 0 Å². The van der Waals surface area contributed by atoms with Gasteiger partial charge in [-0.2, -0.15) is 0 Å². The van der Waals surface area contributed by atoms with Crippen LogP contribution in [-0.4, -0.2) is 6.04 Å². The summed E-state index contributed by atoms with van der Waals surface area (Å²) < 4.78 is 1.42. The number of nitrogens with one attached hydrogen (secondary N) is 1. The molecule has 0 radical (unpaired) electrons. The molecule has 1 N–H and O–H groups in total. The Morgan fingerprint density at radius 1 is 1.30 bits per heavy atom. The number of fused-ring (bicyclic) bond motifs is 1. The van der Waals surface area contributed by atoms with E-state index in [9.17, 15) is 0 Å². The van der Waals surface area contributed by atoms with E-state index >= 15 is 0 Å². The summed E-state index contributed by atoms with van der Waals surface area (Å²) in [5.74, 6) is 0. The molecule has 0 saturated heterocycles. The highest BCUT2D eigenvalue weighted by Crippen LogP contribution is 2.40. The SMILES string of the molecule is Cc1c(C(C)NC2CCCC2(C)C)sc2ccccc12. The number of rotatable bonds is 3. The van der Waals surface area contributed by atoms with E-state index in [0.717, 1.165) is 0 Å². The van der Waals surface area contributed by atoms with Gasteiger partial charge in [0.15, 0.2) is 0 Å². The lowest BCUT2D eigenvalue weighted by atomic mass is 9.87. The van der Waals surface area contributed by atoms with E-state index in [4.69, 9.17) is 0 Å². The molecule has 1 aliphatic carbocycles. The van der Waals surface area contributed by atoms with Crippen molar-refractivity contribution in [2.45, 2.75) is 59.0 Å². The van der Waals surface area contributed by atoms with Gasteiger partial charge in [0.25, 0.3) is 0 Å². The van der Waals surface area contributed by atoms with Crippen LogP contribution in [0.4, 0.5) is 0 Å². The summed E-state index contributed by atoms with van der Waals surface area (Å²) >= 11 is 1.95. The summed E-state index contributed by atoms with van der Waals surface area (Å²) in [5, 5.41) is 5.32. The molecule has 0 bridgehead atoms. The predicted octanol–water partition coefficient (Wildman–Crippen LogP) is 5.44. The summed E-state index contributed by atoms with van der Waals surface area (Å²) in [6, 6.07) is 9.88. The lowest BCUT2D eigenvalue weighted by Gasteiger charge is -2.30. The van der Waals surface area contributed by atoms with Crippen LogP contribution in [0.25, 0.3) is 10.1 Å². The zero-order chi connectivity index (χ0) is 14.3. The monoisotopic (exact) mass is 287 g/mol. The Hall–Kier alpha value is -0.860. The van der Waals surface area contributed by atoms with Gasteiger partial charge in [0.1, 0.15) is 0 Å². The van der Waals surface area contributed by atoms with Crippen molar-refractivity contribution in [1.82, 2.24) is 5.32 Å². The van der Waals surface area contributed by atoms with Crippen LogP contribution < -0.4 is 5.32 Å². The quantitative estimate of drug-likeness (QED) is 0.792. The van der Waals surface area contributed by atoms with Crippen molar-refractivity contribution >= 4 is 21.4 Å². The zero-order valence-electron chi connectivity index (χ0n) is 13.0. The first-order valence-corrected chi connectivity index (χ1v) is 8.55. The van der Waals surface area contributed by atoms with Crippen LogP contribution >= 0.6 is 11.3 Å². The third-order valence-electron chi connectivity index (χ3n) is 4.98. The molecule has 2 atom stereocenters. The van der Waals surface area contributed by atoms with Crippen LogP contribution in [0.5, 0.6) is 0 Å². The maximum Gasteiger partial charge on any atom is 0.0391 e. The van der Waals surface area contributed by atoms with Gasteiger partial charge in [-0.05, 0) is 49.1 Å². The maximum absolute atomic E-state index is 3.90. The molecule has 0 aliphatic heterocycles. The first kappa shape index (κ1) is 14.1. The standard InChI is InChI=1S/C18H25NS/c1-12-14-8-5-6-9-15(14)20-17(12)13(2)19-16-10-7-11-18(16,3)4/h5-6,8-9,13,16,19H,7,10-11H2,1-4H3. The zero-order valence-corrected chi connectivity index (χ0v) is 13.8. The van der Waals surface area contributed by atoms with E-state index in [1.807, 2.05) is 11.3 Å². The molecule has 1 nitrogen and oxygen atoms in total. The maximum atomic E-state index is 3.90. The highest BCUT2D eigenvalue weighted by Gasteiger charge is 2.35. The third-order valence-corrected chi connectivity index (χ3v) is 6.44. The van der Waals surface area contributed by atoms with E-state index in [-0.39, 0.29) is 0 Å². The minimum Gasteiger partial charge on any atom is -0.306 e. The molecule has 1 fully saturated rings. The molecule has 1 saturated carbocycles. The van der Waals surface area contributed by atoms with Crippen molar-refractivity contribution in [1.29, 1.82) is 0 Å². The van der Waals surface area contributed by atoms with Crippen LogP contribution in [0.2, 0.25) is 0 Å². The molecule has 2 unspecified atom stereocenters. The fourth-order valence-corrected chi connectivity index (χ4v) is 4.84. The molecule has 108 valence electrons. The summed E-state index contributed by atoms with van der Waals surface area (Å²) in [4.78, 5) is 1.51. The topological polar surface area (TPSA) is 12.0 Å². The number of hydrogen-bond donors (Lipinski definition) is 1. The smallest absolute Gasteiger partial charge is 0.0391 e. The molecule has 1 heterocycles. The van der Waals surface area contributed by atoms with Crippen molar-refractivity contribution in [3.63, 3.8) is 0 Å². The van der Waals surface area contributed by atoms with Gasteiger partial charge in [0.05, 0.1) is 0 Å². The van der Waals surface area contributed by atoms with Crippen molar-refractivity contribution in [3.05, 3.63) is 34.7 Å². The van der Waals surface area contributed by atoms with Gasteiger partial charge in [0, 0.05) is 21.7 Å². The van der Waals surface area contributed by atoms with Crippen LogP contribution in [0.15, 0.2) is 24.3 Å². The Balaban J connectivity index is 1.85. The second kappa shape index (κ2) is 5.16. The largest absolute Gasteiger partial charge is 0.306 e. The Kier molecular flexibility index (Phi) is 3.64. The highest BCUT2D eigenvalue weighted by molar-refractivity contribution is 7.19. The van der Waals surface area contributed by atoms with E-state index in [1.165, 1.54) is 39.8 Å². The van der Waals surface area contributed by atoms with Gasteiger partial charge >= 0.3 is 0 Å². The third kappa shape index (κ3) is 2.40. The summed E-state index contributed by atoms with van der Waals surface area (Å²) in [7, 11) is 0. The Morgan fingerprint density at radius 2 is 2.05 bits per heavy atom. The van der Waals surface area contributed by atoms with Gasteiger partial charge in [-0.15, -0.1) is 11.3 Å². The molecule has 1 aromatic carbocycles. The molecule has 2 aromatic rings. The summed E-state index contributed by atoms with van der Waals surface area (Å²) in [6.45, 7) is 9.41. The first-order valence-electron chi connectivity index (χ1n) is 7.73. The Labute approximate surface area is 126 Å². The molecule has 3 rings (SSSR count). The van der Waals surface area contributed by atoms with Crippen LogP contribution in [0, 0.1) is 12.3 Å². The number of benzene rings is 1. The minimum absolute atomic E-state index is 0.443. The molecule has 2 heteroatoms. The predicted molar refractivity (Wildman–Crippen MR) is 89.5 cm³/mol. The average molecular weight is 287 g/mol. The van der Waals surface area contributed by atoms with Gasteiger partial charge in [0.2, 0.25) is 0 Å². The Bertz CT molecular complexity index is 611. The Morgan fingerprint density at radius 3 is 2.70 bits per heavy atom. The fourth-order valence-electron chi connectivity index (χ4n) is 3.62. The van der Waals surface area contributed by atoms with E-state index in [1.54, 1.807) is 0 Å². The molecule has 0 amide bonds. The lowest BCUT2D eigenvalue weighted by molar-refractivity contribution is 0.267. The number of hydrogen-bond acceptors (Lipinski definition) is 2. The van der Waals surface area contributed by atoms with Gasteiger partial charge in [-0.1, -0.05) is 38.5 Å². The molecule has 1 aliphatic rings. The van der Waals surface area contributed by atoms with Crippen LogP contribution in [0.3, 0.4) is 0 Å². The lowest BCUT2D eigenvalue weighted by Crippen LogP contribution is -2.39. The van der Waals surface area contributed by atoms with Crippen molar-refractivity contribution in [2.24, 2.45) is 5.41 Å². The fraction of sp³-hybridized carbons (Fsp3) is 0.556. The first-order chi connectivity index (χ1) is 9.49. The molecular weight excluding hydrogens is 262 g/mol. The summed E-state index contributed by atoms with van der Waals surface area (Å²) in [6.07, 6.45) is 4.03. The molecule has 20 heavy (non-hydrogen) atoms. The summed E-state index contributed by atoms with van der Waals surface area (Å²) in [5.41, 5.74) is 1.90. The second-order valence-corrected chi connectivity index (χ2v) is 7.99. The van der Waals surface area contributed by atoms with Crippen LogP contribution in [-0.2, 0) is 0 Å². The molecule has 0 spiro atoms. The van der Waals surface area contributed by atoms with Crippen molar-refractivity contribution < 1.29 is 0 Å². The number of thiophene rings is 1. The van der Waals surface area contributed by atoms with Crippen molar-refractivity contribution in [2.75, 3.05) is 0 Å². The van der Waals surface area contributed by atoms with E-state index in [2.05, 4.69) is 57.3 Å². The molecule has 1 aromatic heterocycles. The molecular formula is C18H25NS.